The van der Waals surface area contributed by atoms with E-state index in [1.54, 1.807) is 0 Å². The monoisotopic (exact) mass is 298 g/mol. The van der Waals surface area contributed by atoms with Crippen molar-refractivity contribution >= 4 is 11.8 Å². The fourth-order valence-corrected chi connectivity index (χ4v) is 2.45. The van der Waals surface area contributed by atoms with Gasteiger partial charge in [0.05, 0.1) is 0 Å². The standard InChI is InChI=1S/C18H26N4/c1-3-14-22(15-4-2)17-11-13-20-18(21-17)19-12-10-16-8-6-5-7-9-16/h5-9,11,13H,3-4,10,12,14-15H2,1-2H3,(H,19,20,21). The summed E-state index contributed by atoms with van der Waals surface area (Å²) in [5.41, 5.74) is 1.32. The summed E-state index contributed by atoms with van der Waals surface area (Å²) in [7, 11) is 0. The van der Waals surface area contributed by atoms with Crippen molar-refractivity contribution < 1.29 is 0 Å². The average molecular weight is 298 g/mol. The molecule has 0 bridgehead atoms. The van der Waals surface area contributed by atoms with Crippen molar-refractivity contribution in [2.45, 2.75) is 33.1 Å². The highest BCUT2D eigenvalue weighted by molar-refractivity contribution is 5.42. The maximum Gasteiger partial charge on any atom is 0.224 e. The predicted molar refractivity (Wildman–Crippen MR) is 93.5 cm³/mol. The molecule has 0 saturated carbocycles. The molecule has 0 radical (unpaired) electrons. The second kappa shape index (κ2) is 9.03. The van der Waals surface area contributed by atoms with Crippen molar-refractivity contribution in [2.24, 2.45) is 0 Å². The third-order valence-electron chi connectivity index (χ3n) is 3.49. The fourth-order valence-electron chi connectivity index (χ4n) is 2.45. The van der Waals surface area contributed by atoms with Gasteiger partial charge in [0, 0.05) is 25.8 Å². The number of rotatable bonds is 9. The van der Waals surface area contributed by atoms with Crippen molar-refractivity contribution in [1.82, 2.24) is 9.97 Å². The molecule has 2 aromatic rings. The number of nitrogens with one attached hydrogen (secondary N) is 1. The van der Waals surface area contributed by atoms with Crippen molar-refractivity contribution in [3.05, 3.63) is 48.2 Å². The molecule has 1 heterocycles. The Kier molecular flexibility index (Phi) is 6.68. The molecule has 4 nitrogen and oxygen atoms in total. The van der Waals surface area contributed by atoms with Crippen molar-refractivity contribution in [1.29, 1.82) is 0 Å². The zero-order valence-electron chi connectivity index (χ0n) is 13.6. The highest BCUT2D eigenvalue weighted by Crippen LogP contribution is 2.13. The van der Waals surface area contributed by atoms with E-state index in [2.05, 4.69) is 58.3 Å². The summed E-state index contributed by atoms with van der Waals surface area (Å²) in [5.74, 6) is 1.73. The maximum absolute atomic E-state index is 4.65. The van der Waals surface area contributed by atoms with Gasteiger partial charge in [0.25, 0.3) is 0 Å². The van der Waals surface area contributed by atoms with Crippen molar-refractivity contribution in [3.8, 4) is 0 Å². The number of hydrogen-bond acceptors (Lipinski definition) is 4. The SMILES string of the molecule is CCCN(CCC)c1ccnc(NCCc2ccccc2)n1. The molecule has 0 aliphatic heterocycles. The van der Waals surface area contributed by atoms with Crippen molar-refractivity contribution in [2.75, 3.05) is 29.9 Å². The van der Waals surface area contributed by atoms with Crippen LogP contribution in [0, 0.1) is 0 Å². The first-order valence-corrected chi connectivity index (χ1v) is 8.19. The minimum atomic E-state index is 0.714. The van der Waals surface area contributed by atoms with Crippen LogP contribution in [0.25, 0.3) is 0 Å². The third kappa shape index (κ3) is 5.02. The number of aromatic nitrogens is 2. The zero-order valence-corrected chi connectivity index (χ0v) is 13.6. The van der Waals surface area contributed by atoms with E-state index in [1.807, 2.05) is 18.3 Å². The van der Waals surface area contributed by atoms with Crippen LogP contribution < -0.4 is 10.2 Å². The molecule has 1 N–H and O–H groups in total. The van der Waals surface area contributed by atoms with E-state index < -0.39 is 0 Å². The molecule has 1 aromatic carbocycles. The Balaban J connectivity index is 1.92. The van der Waals surface area contributed by atoms with Crippen LogP contribution in [-0.2, 0) is 6.42 Å². The lowest BCUT2D eigenvalue weighted by Gasteiger charge is -2.22. The molecular formula is C18H26N4. The van der Waals surface area contributed by atoms with E-state index >= 15 is 0 Å². The topological polar surface area (TPSA) is 41.1 Å². The number of benzene rings is 1. The Morgan fingerprint density at radius 1 is 1.00 bits per heavy atom. The van der Waals surface area contributed by atoms with Gasteiger partial charge in [-0.2, -0.15) is 4.98 Å². The van der Waals surface area contributed by atoms with E-state index in [1.165, 1.54) is 5.56 Å². The van der Waals surface area contributed by atoms with Gasteiger partial charge in [0.2, 0.25) is 5.95 Å². The van der Waals surface area contributed by atoms with Gasteiger partial charge < -0.3 is 10.2 Å². The van der Waals surface area contributed by atoms with Gasteiger partial charge in [-0.15, -0.1) is 0 Å². The molecule has 118 valence electrons. The number of nitrogens with zero attached hydrogens (tertiary/aromatic N) is 3. The van der Waals surface area contributed by atoms with Crippen LogP contribution in [0.4, 0.5) is 11.8 Å². The Bertz CT molecular complexity index is 536. The van der Waals surface area contributed by atoms with Gasteiger partial charge in [0.1, 0.15) is 5.82 Å². The second-order valence-corrected chi connectivity index (χ2v) is 5.39. The summed E-state index contributed by atoms with van der Waals surface area (Å²) < 4.78 is 0. The van der Waals surface area contributed by atoms with Gasteiger partial charge in [0.15, 0.2) is 0 Å². The molecule has 1 aromatic heterocycles. The summed E-state index contributed by atoms with van der Waals surface area (Å²) in [6, 6.07) is 12.5. The molecule has 0 atom stereocenters. The van der Waals surface area contributed by atoms with E-state index in [4.69, 9.17) is 0 Å². The molecule has 0 spiro atoms. The van der Waals surface area contributed by atoms with Crippen LogP contribution in [0.1, 0.15) is 32.3 Å². The smallest absolute Gasteiger partial charge is 0.224 e. The fraction of sp³-hybridized carbons (Fsp3) is 0.444. The number of anilines is 2. The molecule has 4 heteroatoms. The Labute approximate surface area is 133 Å². The molecule has 22 heavy (non-hydrogen) atoms. The van der Waals surface area contributed by atoms with Crippen LogP contribution in [-0.4, -0.2) is 29.6 Å². The van der Waals surface area contributed by atoms with Gasteiger partial charge >= 0.3 is 0 Å². The van der Waals surface area contributed by atoms with Crippen LogP contribution in [0.5, 0.6) is 0 Å². The zero-order chi connectivity index (χ0) is 15.6. The highest BCUT2D eigenvalue weighted by atomic mass is 15.2. The highest BCUT2D eigenvalue weighted by Gasteiger charge is 2.07. The molecule has 0 saturated heterocycles. The van der Waals surface area contributed by atoms with Crippen molar-refractivity contribution in [3.63, 3.8) is 0 Å². The maximum atomic E-state index is 4.65. The van der Waals surface area contributed by atoms with Gasteiger partial charge in [-0.1, -0.05) is 44.2 Å². The van der Waals surface area contributed by atoms with Crippen LogP contribution in [0.15, 0.2) is 42.6 Å². The minimum absolute atomic E-state index is 0.714. The summed E-state index contributed by atoms with van der Waals surface area (Å²) in [5, 5.41) is 3.32. The lowest BCUT2D eigenvalue weighted by Crippen LogP contribution is -2.26. The summed E-state index contributed by atoms with van der Waals surface area (Å²) in [4.78, 5) is 11.3. The lowest BCUT2D eigenvalue weighted by atomic mass is 10.1. The van der Waals surface area contributed by atoms with E-state index in [0.29, 0.717) is 5.95 Å². The molecular weight excluding hydrogens is 272 g/mol. The van der Waals surface area contributed by atoms with E-state index in [-0.39, 0.29) is 0 Å². The van der Waals surface area contributed by atoms with Crippen LogP contribution in [0.3, 0.4) is 0 Å². The quantitative estimate of drug-likeness (QED) is 0.765. The van der Waals surface area contributed by atoms with Gasteiger partial charge in [-0.3, -0.25) is 0 Å². The van der Waals surface area contributed by atoms with E-state index in [9.17, 15) is 0 Å². The molecule has 0 amide bonds. The minimum Gasteiger partial charge on any atom is -0.356 e. The van der Waals surface area contributed by atoms with Crippen LogP contribution in [0.2, 0.25) is 0 Å². The van der Waals surface area contributed by atoms with E-state index in [0.717, 1.165) is 44.7 Å². The Morgan fingerprint density at radius 3 is 2.41 bits per heavy atom. The summed E-state index contributed by atoms with van der Waals surface area (Å²) in [6.45, 7) is 7.31. The average Bonchev–Trinajstić information content (AvgIpc) is 2.56. The van der Waals surface area contributed by atoms with Crippen LogP contribution >= 0.6 is 0 Å². The predicted octanol–water partition coefficient (Wildman–Crippen LogP) is 3.76. The molecule has 0 unspecified atom stereocenters. The largest absolute Gasteiger partial charge is 0.356 e. The lowest BCUT2D eigenvalue weighted by molar-refractivity contribution is 0.733. The summed E-state index contributed by atoms with van der Waals surface area (Å²) >= 11 is 0. The molecule has 0 fully saturated rings. The summed E-state index contributed by atoms with van der Waals surface area (Å²) in [6.07, 6.45) is 5.06. The first-order chi connectivity index (χ1) is 10.8. The first kappa shape index (κ1) is 16.3. The van der Waals surface area contributed by atoms with Gasteiger partial charge in [-0.25, -0.2) is 4.98 Å². The normalized spacial score (nSPS) is 10.5. The molecule has 0 aliphatic rings. The number of hydrogen-bond donors (Lipinski definition) is 1. The molecule has 2 rings (SSSR count). The molecule has 0 aliphatic carbocycles. The second-order valence-electron chi connectivity index (χ2n) is 5.39. The third-order valence-corrected chi connectivity index (χ3v) is 3.49. The Morgan fingerprint density at radius 2 is 1.73 bits per heavy atom. The van der Waals surface area contributed by atoms with Gasteiger partial charge in [-0.05, 0) is 30.9 Å². The Hall–Kier alpha value is -2.10. The first-order valence-electron chi connectivity index (χ1n) is 8.19.